The highest BCUT2D eigenvalue weighted by Gasteiger charge is 2.09. The summed E-state index contributed by atoms with van der Waals surface area (Å²) in [5, 5.41) is 11.6. The number of rotatable bonds is 7. The summed E-state index contributed by atoms with van der Waals surface area (Å²) in [6.45, 7) is 3.46. The summed E-state index contributed by atoms with van der Waals surface area (Å²) >= 11 is 0. The molecule has 1 N–H and O–H groups in total. The van der Waals surface area contributed by atoms with Gasteiger partial charge in [0.25, 0.3) is 0 Å². The highest BCUT2D eigenvalue weighted by molar-refractivity contribution is 5.18. The Bertz CT molecular complexity index is 678. The van der Waals surface area contributed by atoms with Gasteiger partial charge in [0.05, 0.1) is 13.1 Å². The lowest BCUT2D eigenvalue weighted by Gasteiger charge is -2.11. The quantitative estimate of drug-likeness (QED) is 0.722. The van der Waals surface area contributed by atoms with Gasteiger partial charge in [-0.15, -0.1) is 0 Å². The Morgan fingerprint density at radius 2 is 2.09 bits per heavy atom. The first-order valence-corrected chi connectivity index (χ1v) is 7.36. The Morgan fingerprint density at radius 3 is 2.86 bits per heavy atom. The van der Waals surface area contributed by atoms with Gasteiger partial charge in [0.1, 0.15) is 0 Å². The van der Waals surface area contributed by atoms with Gasteiger partial charge in [-0.1, -0.05) is 35.5 Å². The highest BCUT2D eigenvalue weighted by atomic mass is 16.5. The summed E-state index contributed by atoms with van der Waals surface area (Å²) in [5.41, 5.74) is 1.18. The normalized spacial score (nSPS) is 12.4. The fraction of sp³-hybridized carbons (Fsp3) is 0.312. The molecule has 6 heteroatoms. The molecular formula is C16H19N5O. The van der Waals surface area contributed by atoms with Gasteiger partial charge in [-0.05, 0) is 18.6 Å². The molecule has 1 aromatic carbocycles. The second-order valence-electron chi connectivity index (χ2n) is 5.28. The molecule has 0 saturated carbocycles. The molecule has 0 unspecified atom stereocenters. The number of nitrogens with zero attached hydrogens (tertiary/aromatic N) is 4. The van der Waals surface area contributed by atoms with Crippen molar-refractivity contribution in [3.05, 3.63) is 66.1 Å². The average Bonchev–Trinajstić information content (AvgIpc) is 3.18. The third-order valence-corrected chi connectivity index (χ3v) is 3.34. The van der Waals surface area contributed by atoms with E-state index < -0.39 is 0 Å². The molecule has 0 fully saturated rings. The van der Waals surface area contributed by atoms with Gasteiger partial charge in [0, 0.05) is 24.9 Å². The van der Waals surface area contributed by atoms with Gasteiger partial charge in [-0.2, -0.15) is 10.1 Å². The molecule has 1 atom stereocenters. The molecule has 0 aliphatic rings. The number of hydrogen-bond donors (Lipinski definition) is 1. The van der Waals surface area contributed by atoms with Gasteiger partial charge in [-0.25, -0.2) is 0 Å². The Kier molecular flexibility index (Phi) is 4.60. The Morgan fingerprint density at radius 1 is 1.23 bits per heavy atom. The Balaban J connectivity index is 1.49. The summed E-state index contributed by atoms with van der Waals surface area (Å²) in [6, 6.07) is 12.3. The predicted molar refractivity (Wildman–Crippen MR) is 82.1 cm³/mol. The second kappa shape index (κ2) is 7.00. The molecule has 0 saturated heterocycles. The summed E-state index contributed by atoms with van der Waals surface area (Å²) < 4.78 is 7.17. The van der Waals surface area contributed by atoms with Gasteiger partial charge < -0.3 is 9.84 Å². The zero-order chi connectivity index (χ0) is 15.2. The predicted octanol–water partition coefficient (Wildman–Crippen LogP) is 2.04. The van der Waals surface area contributed by atoms with Crippen molar-refractivity contribution in [3.63, 3.8) is 0 Å². The standard InChI is InChI=1S/C16H19N5O/c1-13(12-21-9-5-8-18-21)17-11-16-19-15(20-22-16)10-14-6-3-2-4-7-14/h2-9,13,17H,10-12H2,1H3/t13-/m0/s1. The summed E-state index contributed by atoms with van der Waals surface area (Å²) in [6.07, 6.45) is 4.41. The lowest BCUT2D eigenvalue weighted by Crippen LogP contribution is -2.30. The van der Waals surface area contributed by atoms with Crippen LogP contribution >= 0.6 is 0 Å². The SMILES string of the molecule is C[C@@H](Cn1cccn1)NCc1nc(Cc2ccccc2)no1. The summed E-state index contributed by atoms with van der Waals surface area (Å²) in [4.78, 5) is 4.41. The number of nitrogens with one attached hydrogen (secondary N) is 1. The van der Waals surface area contributed by atoms with Crippen LogP contribution in [0, 0.1) is 0 Å². The minimum absolute atomic E-state index is 0.268. The van der Waals surface area contributed by atoms with E-state index in [0.717, 1.165) is 6.54 Å². The lowest BCUT2D eigenvalue weighted by atomic mass is 10.1. The van der Waals surface area contributed by atoms with Crippen molar-refractivity contribution in [2.45, 2.75) is 32.5 Å². The molecule has 0 aliphatic heterocycles. The van der Waals surface area contributed by atoms with E-state index >= 15 is 0 Å². The molecule has 3 rings (SSSR count). The first kappa shape index (κ1) is 14.5. The summed E-state index contributed by atoms with van der Waals surface area (Å²) in [7, 11) is 0. The lowest BCUT2D eigenvalue weighted by molar-refractivity contribution is 0.347. The van der Waals surface area contributed by atoms with E-state index in [2.05, 4.69) is 39.6 Å². The number of aromatic nitrogens is 4. The molecule has 2 heterocycles. The molecule has 0 bridgehead atoms. The van der Waals surface area contributed by atoms with E-state index in [4.69, 9.17) is 4.52 Å². The zero-order valence-electron chi connectivity index (χ0n) is 12.5. The van der Waals surface area contributed by atoms with Crippen LogP contribution in [0.3, 0.4) is 0 Å². The zero-order valence-corrected chi connectivity index (χ0v) is 12.5. The van der Waals surface area contributed by atoms with Crippen molar-refractivity contribution in [2.75, 3.05) is 0 Å². The van der Waals surface area contributed by atoms with Gasteiger partial charge in [0.15, 0.2) is 5.82 Å². The molecule has 6 nitrogen and oxygen atoms in total. The number of benzene rings is 1. The molecule has 3 aromatic rings. The maximum Gasteiger partial charge on any atom is 0.240 e. The van der Waals surface area contributed by atoms with Crippen molar-refractivity contribution in [1.29, 1.82) is 0 Å². The van der Waals surface area contributed by atoms with Gasteiger partial charge >= 0.3 is 0 Å². The van der Waals surface area contributed by atoms with Crippen LogP contribution in [0.5, 0.6) is 0 Å². The third-order valence-electron chi connectivity index (χ3n) is 3.34. The number of hydrogen-bond acceptors (Lipinski definition) is 5. The third kappa shape index (κ3) is 4.02. The van der Waals surface area contributed by atoms with Crippen LogP contribution in [0.1, 0.15) is 24.2 Å². The minimum atomic E-state index is 0.268. The Labute approximate surface area is 129 Å². The minimum Gasteiger partial charge on any atom is -0.338 e. The Hall–Kier alpha value is -2.47. The van der Waals surface area contributed by atoms with E-state index in [1.807, 2.05) is 35.1 Å². The molecule has 0 spiro atoms. The smallest absolute Gasteiger partial charge is 0.240 e. The van der Waals surface area contributed by atoms with Crippen molar-refractivity contribution in [1.82, 2.24) is 25.2 Å². The van der Waals surface area contributed by atoms with E-state index in [0.29, 0.717) is 24.7 Å². The fourth-order valence-electron chi connectivity index (χ4n) is 2.23. The van der Waals surface area contributed by atoms with Crippen molar-refractivity contribution in [3.8, 4) is 0 Å². The van der Waals surface area contributed by atoms with Crippen LogP contribution in [-0.2, 0) is 19.5 Å². The molecule has 0 amide bonds. The van der Waals surface area contributed by atoms with Crippen molar-refractivity contribution < 1.29 is 4.52 Å². The molecule has 0 radical (unpaired) electrons. The van der Waals surface area contributed by atoms with E-state index in [-0.39, 0.29) is 6.04 Å². The first-order valence-electron chi connectivity index (χ1n) is 7.36. The average molecular weight is 297 g/mol. The molecular weight excluding hydrogens is 278 g/mol. The monoisotopic (exact) mass is 297 g/mol. The molecule has 2 aromatic heterocycles. The van der Waals surface area contributed by atoms with E-state index in [1.54, 1.807) is 6.20 Å². The van der Waals surface area contributed by atoms with Crippen LogP contribution in [-0.4, -0.2) is 26.0 Å². The van der Waals surface area contributed by atoms with Crippen LogP contribution in [0.4, 0.5) is 0 Å². The van der Waals surface area contributed by atoms with Crippen LogP contribution < -0.4 is 5.32 Å². The largest absolute Gasteiger partial charge is 0.338 e. The maximum absolute atomic E-state index is 5.28. The van der Waals surface area contributed by atoms with E-state index in [1.165, 1.54) is 5.56 Å². The van der Waals surface area contributed by atoms with E-state index in [9.17, 15) is 0 Å². The fourth-order valence-corrected chi connectivity index (χ4v) is 2.23. The highest BCUT2D eigenvalue weighted by Crippen LogP contribution is 2.06. The summed E-state index contributed by atoms with van der Waals surface area (Å²) in [5.74, 6) is 1.32. The second-order valence-corrected chi connectivity index (χ2v) is 5.28. The van der Waals surface area contributed by atoms with Gasteiger partial charge in [-0.3, -0.25) is 4.68 Å². The van der Waals surface area contributed by atoms with Crippen molar-refractivity contribution >= 4 is 0 Å². The molecule has 114 valence electrons. The topological polar surface area (TPSA) is 68.8 Å². The molecule has 0 aliphatic carbocycles. The maximum atomic E-state index is 5.28. The van der Waals surface area contributed by atoms with Crippen LogP contribution in [0.25, 0.3) is 0 Å². The van der Waals surface area contributed by atoms with Crippen LogP contribution in [0.15, 0.2) is 53.3 Å². The first-order chi connectivity index (χ1) is 10.8. The van der Waals surface area contributed by atoms with Crippen molar-refractivity contribution in [2.24, 2.45) is 0 Å². The molecule has 22 heavy (non-hydrogen) atoms. The van der Waals surface area contributed by atoms with Crippen LogP contribution in [0.2, 0.25) is 0 Å². The van der Waals surface area contributed by atoms with Gasteiger partial charge in [0.2, 0.25) is 5.89 Å².